The molecule has 0 saturated carbocycles. The molecule has 0 aromatic heterocycles. The Morgan fingerprint density at radius 1 is 1.27 bits per heavy atom. The summed E-state index contributed by atoms with van der Waals surface area (Å²) >= 11 is 1.70. The van der Waals surface area contributed by atoms with Gasteiger partial charge in [0.05, 0.1) is 23.2 Å². The van der Waals surface area contributed by atoms with E-state index in [9.17, 15) is 14.4 Å². The number of unbranched alkanes of at least 4 members (excludes halogenated alkanes) is 3. The molecule has 2 bridgehead atoms. The highest BCUT2D eigenvalue weighted by molar-refractivity contribution is 8.02. The number of hydrogen-bond donors (Lipinski definition) is 1. The summed E-state index contributed by atoms with van der Waals surface area (Å²) in [5.41, 5.74) is 0. The minimum atomic E-state index is -0.628. The average molecular weight is 535 g/mol. The Bertz CT molecular complexity index is 850. The molecule has 1 spiro atoms. The maximum atomic E-state index is 14.4. The molecule has 3 aliphatic rings. The van der Waals surface area contributed by atoms with E-state index in [2.05, 4.69) is 33.9 Å². The summed E-state index contributed by atoms with van der Waals surface area (Å²) < 4.78 is 4.97. The van der Waals surface area contributed by atoms with Crippen LogP contribution in [0.3, 0.4) is 0 Å². The van der Waals surface area contributed by atoms with Crippen molar-refractivity contribution in [2.24, 2.45) is 17.8 Å². The second-order valence-corrected chi connectivity index (χ2v) is 12.4. The van der Waals surface area contributed by atoms with Crippen LogP contribution in [0, 0.1) is 17.8 Å². The van der Waals surface area contributed by atoms with Gasteiger partial charge in [-0.3, -0.25) is 14.4 Å². The largest absolute Gasteiger partial charge is 0.465 e. The number of likely N-dealkylation sites (tertiary alicyclic amines) is 1. The molecule has 1 N–H and O–H groups in total. The molecule has 0 aliphatic carbocycles. The number of hydrogen-bond acceptors (Lipinski definition) is 6. The number of rotatable bonds is 16. The lowest BCUT2D eigenvalue weighted by atomic mass is 9.66. The number of aliphatic hydroxyl groups is 1. The molecule has 7 atom stereocenters. The van der Waals surface area contributed by atoms with Gasteiger partial charge in [-0.2, -0.15) is 0 Å². The van der Waals surface area contributed by atoms with Crippen LogP contribution in [0.15, 0.2) is 25.3 Å². The predicted octanol–water partition coefficient (Wildman–Crippen LogP) is 4.20. The van der Waals surface area contributed by atoms with Crippen LogP contribution in [0.5, 0.6) is 0 Å². The van der Waals surface area contributed by atoms with Crippen molar-refractivity contribution < 1.29 is 24.2 Å². The lowest BCUT2D eigenvalue weighted by Crippen LogP contribution is -2.58. The van der Waals surface area contributed by atoms with E-state index in [4.69, 9.17) is 9.84 Å². The third kappa shape index (κ3) is 5.65. The van der Waals surface area contributed by atoms with Crippen molar-refractivity contribution in [3.05, 3.63) is 25.3 Å². The SMILES string of the molecule is C=CCCOC(=O)[C@@H]1[C@@H]2CC(C)C3(S2)C(C(=O)N(CC=C)C(C)CCC)N(CCCCCCO)C(=O)[C@H]13. The van der Waals surface area contributed by atoms with Crippen LogP contribution in [0.1, 0.15) is 72.1 Å². The molecule has 0 radical (unpaired) electrons. The molecular weight excluding hydrogens is 488 g/mol. The fourth-order valence-corrected chi connectivity index (χ4v) is 9.15. The summed E-state index contributed by atoms with van der Waals surface area (Å²) in [5, 5.41) is 9.12. The molecule has 3 fully saturated rings. The van der Waals surface area contributed by atoms with Gasteiger partial charge in [-0.05, 0) is 44.9 Å². The zero-order valence-electron chi connectivity index (χ0n) is 22.9. The predicted molar refractivity (Wildman–Crippen MR) is 148 cm³/mol. The zero-order valence-corrected chi connectivity index (χ0v) is 23.7. The quantitative estimate of drug-likeness (QED) is 0.181. The first-order valence-electron chi connectivity index (χ1n) is 14.1. The van der Waals surface area contributed by atoms with E-state index in [0.29, 0.717) is 19.5 Å². The molecular formula is C29H46N2O5S. The number of carbonyl (C=O) groups is 3. The minimum Gasteiger partial charge on any atom is -0.465 e. The number of thioether (sulfide) groups is 1. The Kier molecular flexibility index (Phi) is 10.7. The first kappa shape index (κ1) is 29.8. The van der Waals surface area contributed by atoms with Gasteiger partial charge < -0.3 is 19.6 Å². The molecule has 3 rings (SSSR count). The van der Waals surface area contributed by atoms with Gasteiger partial charge in [0, 0.05) is 31.0 Å². The fraction of sp³-hybridized carbons (Fsp3) is 0.759. The first-order chi connectivity index (χ1) is 17.8. The van der Waals surface area contributed by atoms with Crippen molar-refractivity contribution in [3.8, 4) is 0 Å². The van der Waals surface area contributed by atoms with E-state index in [-0.39, 0.29) is 48.2 Å². The van der Waals surface area contributed by atoms with Crippen LogP contribution >= 0.6 is 11.8 Å². The van der Waals surface area contributed by atoms with E-state index < -0.39 is 22.6 Å². The Morgan fingerprint density at radius 2 is 2.00 bits per heavy atom. The minimum absolute atomic E-state index is 0.0110. The molecule has 7 nitrogen and oxygen atoms in total. The summed E-state index contributed by atoms with van der Waals surface area (Å²) in [5.74, 6) is -1.34. The molecule has 2 amide bonds. The number of esters is 1. The van der Waals surface area contributed by atoms with Crippen molar-refractivity contribution in [2.75, 3.05) is 26.3 Å². The Hall–Kier alpha value is -1.80. The lowest BCUT2D eigenvalue weighted by molar-refractivity contribution is -0.154. The number of ether oxygens (including phenoxy) is 1. The number of fused-ring (bicyclic) bond motifs is 1. The standard InChI is InChI=1S/C29H46N2O5S/c1-6-9-18-36-28(35)23-22-19-20(4)29(37-22)24(23)26(33)31(16-12-10-11-13-17-32)25(29)27(34)30(15-8-3)21(5)14-7-2/h6,8,20-25,32H,1,3,7,9-19H2,2,4-5H3/t20?,21?,22-,23+,24-,25?,29?/m0/s1. The summed E-state index contributed by atoms with van der Waals surface area (Å²) in [4.78, 5) is 45.5. The molecule has 3 aliphatic heterocycles. The Balaban J connectivity index is 1.97. The highest BCUT2D eigenvalue weighted by Crippen LogP contribution is 2.68. The van der Waals surface area contributed by atoms with E-state index in [1.54, 1.807) is 28.8 Å². The van der Waals surface area contributed by atoms with Gasteiger partial charge in [0.25, 0.3) is 0 Å². The number of nitrogens with zero attached hydrogens (tertiary/aromatic N) is 2. The van der Waals surface area contributed by atoms with Crippen molar-refractivity contribution in [1.29, 1.82) is 0 Å². The molecule has 3 heterocycles. The lowest BCUT2D eigenvalue weighted by Gasteiger charge is -2.41. The highest BCUT2D eigenvalue weighted by Gasteiger charge is 2.76. The van der Waals surface area contributed by atoms with Crippen molar-refractivity contribution >= 4 is 29.5 Å². The van der Waals surface area contributed by atoms with E-state index in [1.165, 1.54) is 0 Å². The van der Waals surface area contributed by atoms with Crippen molar-refractivity contribution in [1.82, 2.24) is 9.80 Å². The first-order valence-corrected chi connectivity index (χ1v) is 15.0. The summed E-state index contributed by atoms with van der Waals surface area (Å²) in [6.45, 7) is 15.3. The monoisotopic (exact) mass is 534 g/mol. The van der Waals surface area contributed by atoms with Crippen LogP contribution in [0.2, 0.25) is 0 Å². The van der Waals surface area contributed by atoms with Gasteiger partial charge in [0.1, 0.15) is 6.04 Å². The third-order valence-electron chi connectivity index (χ3n) is 8.47. The maximum absolute atomic E-state index is 14.4. The molecule has 4 unspecified atom stereocenters. The molecule has 3 saturated heterocycles. The third-order valence-corrected chi connectivity index (χ3v) is 10.5. The van der Waals surface area contributed by atoms with Gasteiger partial charge in [0.2, 0.25) is 11.8 Å². The van der Waals surface area contributed by atoms with E-state index in [1.807, 2.05) is 4.90 Å². The fourth-order valence-electron chi connectivity index (χ4n) is 6.75. The van der Waals surface area contributed by atoms with Crippen LogP contribution < -0.4 is 0 Å². The zero-order chi connectivity index (χ0) is 27.2. The number of carbonyl (C=O) groups excluding carboxylic acids is 3. The van der Waals surface area contributed by atoms with Crippen LogP contribution in [-0.4, -0.2) is 81.1 Å². The van der Waals surface area contributed by atoms with Gasteiger partial charge >= 0.3 is 5.97 Å². The highest BCUT2D eigenvalue weighted by atomic mass is 32.2. The molecule has 0 aromatic carbocycles. The topological polar surface area (TPSA) is 87.2 Å². The van der Waals surface area contributed by atoms with E-state index >= 15 is 0 Å². The van der Waals surface area contributed by atoms with Crippen LogP contribution in [0.4, 0.5) is 0 Å². The van der Waals surface area contributed by atoms with E-state index in [0.717, 1.165) is 44.9 Å². The molecule has 0 aromatic rings. The summed E-state index contributed by atoms with van der Waals surface area (Å²) in [6.07, 6.45) is 9.94. The molecule has 208 valence electrons. The number of aliphatic hydroxyl groups excluding tert-OH is 1. The molecule has 37 heavy (non-hydrogen) atoms. The Morgan fingerprint density at radius 3 is 2.65 bits per heavy atom. The van der Waals surface area contributed by atoms with Gasteiger partial charge in [0.15, 0.2) is 0 Å². The van der Waals surface area contributed by atoms with Crippen LogP contribution in [-0.2, 0) is 19.1 Å². The summed E-state index contributed by atoms with van der Waals surface area (Å²) in [7, 11) is 0. The van der Waals surface area contributed by atoms with Crippen molar-refractivity contribution in [3.63, 3.8) is 0 Å². The second kappa shape index (κ2) is 13.3. The van der Waals surface area contributed by atoms with Gasteiger partial charge in [-0.15, -0.1) is 24.9 Å². The maximum Gasteiger partial charge on any atom is 0.310 e. The normalized spacial score (nSPS) is 30.8. The average Bonchev–Trinajstić information content (AvgIpc) is 3.46. The Labute approximate surface area is 227 Å². The number of amides is 2. The van der Waals surface area contributed by atoms with Crippen molar-refractivity contribution in [2.45, 2.75) is 94.2 Å². The summed E-state index contributed by atoms with van der Waals surface area (Å²) in [6, 6.07) is -0.566. The molecule has 8 heteroatoms. The smallest absolute Gasteiger partial charge is 0.310 e. The second-order valence-electron chi connectivity index (χ2n) is 10.9. The van der Waals surface area contributed by atoms with Crippen LogP contribution in [0.25, 0.3) is 0 Å². The van der Waals surface area contributed by atoms with Gasteiger partial charge in [-0.25, -0.2) is 0 Å². The van der Waals surface area contributed by atoms with Gasteiger partial charge in [-0.1, -0.05) is 45.3 Å².